The monoisotopic (exact) mass is 340 g/mol. The Balaban J connectivity index is 3.05. The van der Waals surface area contributed by atoms with Gasteiger partial charge in [-0.3, -0.25) is 0 Å². The molecule has 0 aliphatic rings. The molecule has 0 saturated heterocycles. The van der Waals surface area contributed by atoms with Gasteiger partial charge in [0.25, 0.3) is 0 Å². The van der Waals surface area contributed by atoms with E-state index in [1.807, 2.05) is 25.9 Å². The summed E-state index contributed by atoms with van der Waals surface area (Å²) in [6.07, 6.45) is 0. The van der Waals surface area contributed by atoms with E-state index in [0.717, 1.165) is 0 Å². The molecule has 0 amide bonds. The molecular weight excluding hydrogens is 323 g/mol. The Morgan fingerprint density at radius 3 is 2.45 bits per heavy atom. The van der Waals surface area contributed by atoms with Gasteiger partial charge in [-0.05, 0) is 33.2 Å². The first-order valence-electron chi connectivity index (χ1n) is 5.94. The number of likely N-dealkylation sites (N-methyl/N-ethyl adjacent to an activating group) is 1. The second kappa shape index (κ2) is 7.06. The fraction of sp³-hybridized carbons (Fsp3) is 0.500. The normalized spacial score (nSPS) is 13.8. The van der Waals surface area contributed by atoms with Gasteiger partial charge in [-0.15, -0.1) is 0 Å². The van der Waals surface area contributed by atoms with E-state index in [0.29, 0.717) is 0 Å². The van der Waals surface area contributed by atoms with Crippen LogP contribution in [0, 0.1) is 0 Å². The predicted molar refractivity (Wildman–Crippen MR) is 80.7 cm³/mol. The lowest BCUT2D eigenvalue weighted by Gasteiger charge is -2.20. The molecule has 1 aromatic rings. The van der Waals surface area contributed by atoms with Gasteiger partial charge < -0.3 is 10.0 Å². The van der Waals surface area contributed by atoms with Crippen molar-refractivity contribution in [2.45, 2.75) is 24.5 Å². The second-order valence-corrected chi connectivity index (χ2v) is 7.18. The smallest absolute Gasteiger partial charge is 0.242 e. The van der Waals surface area contributed by atoms with Gasteiger partial charge in [-0.25, -0.2) is 13.1 Å². The highest BCUT2D eigenvalue weighted by Gasteiger charge is 2.22. The Morgan fingerprint density at radius 1 is 1.35 bits per heavy atom. The van der Waals surface area contributed by atoms with Crippen LogP contribution in [0.3, 0.4) is 0 Å². The largest absolute Gasteiger partial charge is 0.392 e. The van der Waals surface area contributed by atoms with Gasteiger partial charge >= 0.3 is 0 Å². The van der Waals surface area contributed by atoms with Crippen LogP contribution < -0.4 is 4.72 Å². The van der Waals surface area contributed by atoms with Crippen LogP contribution in [0.4, 0.5) is 0 Å². The Labute approximate surface area is 129 Å². The maximum absolute atomic E-state index is 12.2. The summed E-state index contributed by atoms with van der Waals surface area (Å²) >= 11 is 11.9. The van der Waals surface area contributed by atoms with E-state index in [1.165, 1.54) is 12.1 Å². The summed E-state index contributed by atoms with van der Waals surface area (Å²) in [4.78, 5) is 1.81. The molecule has 0 heterocycles. The van der Waals surface area contributed by atoms with Gasteiger partial charge in [0.05, 0.1) is 11.6 Å². The first-order valence-corrected chi connectivity index (χ1v) is 8.18. The molecule has 1 unspecified atom stereocenters. The predicted octanol–water partition coefficient (Wildman–Crippen LogP) is 1.71. The number of halogens is 2. The topological polar surface area (TPSA) is 69.6 Å². The third kappa shape index (κ3) is 4.07. The standard InChI is InChI=1S/C12H18Cl2N2O3S/c1-8(16(2)3)6-15-20(18,19)11-5-4-10(13)9(7-17)12(11)14/h4-5,8,15,17H,6-7H2,1-3H3. The molecule has 0 radical (unpaired) electrons. The maximum Gasteiger partial charge on any atom is 0.242 e. The molecule has 8 heteroatoms. The van der Waals surface area contributed by atoms with Crippen molar-refractivity contribution in [3.05, 3.63) is 27.7 Å². The zero-order valence-corrected chi connectivity index (χ0v) is 13.8. The summed E-state index contributed by atoms with van der Waals surface area (Å²) < 4.78 is 26.9. The van der Waals surface area contributed by atoms with Crippen LogP contribution in [0.25, 0.3) is 0 Å². The van der Waals surface area contributed by atoms with Crippen molar-refractivity contribution in [2.75, 3.05) is 20.6 Å². The van der Waals surface area contributed by atoms with E-state index in [1.54, 1.807) is 0 Å². The average molecular weight is 341 g/mol. The van der Waals surface area contributed by atoms with Gasteiger partial charge in [-0.1, -0.05) is 23.2 Å². The number of hydrogen-bond acceptors (Lipinski definition) is 4. The van der Waals surface area contributed by atoms with Crippen LogP contribution in [0.2, 0.25) is 10.0 Å². The van der Waals surface area contributed by atoms with E-state index < -0.39 is 16.6 Å². The third-order valence-corrected chi connectivity index (χ3v) is 5.41. The average Bonchev–Trinajstić information content (AvgIpc) is 2.36. The van der Waals surface area contributed by atoms with E-state index in [4.69, 9.17) is 23.2 Å². The Morgan fingerprint density at radius 2 is 1.95 bits per heavy atom. The molecule has 2 N–H and O–H groups in total. The molecule has 0 aliphatic carbocycles. The Bertz CT molecular complexity index is 576. The lowest BCUT2D eigenvalue weighted by molar-refractivity contribution is 0.281. The SMILES string of the molecule is CC(CNS(=O)(=O)c1ccc(Cl)c(CO)c1Cl)N(C)C. The number of rotatable bonds is 6. The fourth-order valence-corrected chi connectivity index (χ4v) is 3.44. The summed E-state index contributed by atoms with van der Waals surface area (Å²) in [7, 11) is -0.0288. The van der Waals surface area contributed by atoms with Crippen molar-refractivity contribution in [1.82, 2.24) is 9.62 Å². The van der Waals surface area contributed by atoms with Crippen LogP contribution >= 0.6 is 23.2 Å². The number of nitrogens with one attached hydrogen (secondary N) is 1. The highest BCUT2D eigenvalue weighted by atomic mass is 35.5. The molecule has 1 aromatic carbocycles. The molecule has 5 nitrogen and oxygen atoms in total. The molecule has 114 valence electrons. The molecule has 1 atom stereocenters. The zero-order valence-electron chi connectivity index (χ0n) is 11.5. The molecule has 0 spiro atoms. The van der Waals surface area contributed by atoms with Gasteiger partial charge in [0.15, 0.2) is 0 Å². The zero-order chi connectivity index (χ0) is 15.5. The third-order valence-electron chi connectivity index (χ3n) is 3.05. The fourth-order valence-electron chi connectivity index (χ4n) is 1.42. The van der Waals surface area contributed by atoms with E-state index in [2.05, 4.69) is 4.72 Å². The van der Waals surface area contributed by atoms with Crippen LogP contribution in [-0.2, 0) is 16.6 Å². The number of benzene rings is 1. The molecule has 0 aromatic heterocycles. The van der Waals surface area contributed by atoms with E-state index >= 15 is 0 Å². The van der Waals surface area contributed by atoms with Crippen molar-refractivity contribution < 1.29 is 13.5 Å². The Kier molecular flexibility index (Phi) is 6.25. The van der Waals surface area contributed by atoms with Crippen molar-refractivity contribution in [3.8, 4) is 0 Å². The maximum atomic E-state index is 12.2. The number of hydrogen-bond donors (Lipinski definition) is 2. The molecule has 1 rings (SSSR count). The molecule has 0 fully saturated rings. The number of sulfonamides is 1. The number of aliphatic hydroxyl groups is 1. The Hall–Kier alpha value is -0.370. The highest BCUT2D eigenvalue weighted by Crippen LogP contribution is 2.30. The summed E-state index contributed by atoms with van der Waals surface area (Å²) in [5, 5.41) is 9.37. The highest BCUT2D eigenvalue weighted by molar-refractivity contribution is 7.89. The summed E-state index contributed by atoms with van der Waals surface area (Å²) in [5.41, 5.74) is 0.205. The lowest BCUT2D eigenvalue weighted by atomic mass is 10.2. The van der Waals surface area contributed by atoms with Gasteiger partial charge in [0.2, 0.25) is 10.0 Å². The summed E-state index contributed by atoms with van der Waals surface area (Å²) in [6.45, 7) is 1.73. The molecular formula is C12H18Cl2N2O3S. The van der Waals surface area contributed by atoms with Gasteiger partial charge in [-0.2, -0.15) is 0 Å². The van der Waals surface area contributed by atoms with Gasteiger partial charge in [0.1, 0.15) is 4.90 Å². The lowest BCUT2D eigenvalue weighted by Crippen LogP contribution is -2.38. The van der Waals surface area contributed by atoms with Crippen LogP contribution in [0.15, 0.2) is 17.0 Å². The van der Waals surface area contributed by atoms with E-state index in [-0.39, 0.29) is 33.1 Å². The van der Waals surface area contributed by atoms with Crippen LogP contribution in [0.5, 0.6) is 0 Å². The minimum absolute atomic E-state index is 0.0353. The van der Waals surface area contributed by atoms with Crippen molar-refractivity contribution >= 4 is 33.2 Å². The second-order valence-electron chi connectivity index (χ2n) is 4.66. The minimum atomic E-state index is -3.75. The molecule has 0 saturated carbocycles. The number of aliphatic hydroxyl groups excluding tert-OH is 1. The molecule has 20 heavy (non-hydrogen) atoms. The van der Waals surface area contributed by atoms with Crippen molar-refractivity contribution in [3.63, 3.8) is 0 Å². The van der Waals surface area contributed by atoms with Gasteiger partial charge in [0, 0.05) is 23.2 Å². The minimum Gasteiger partial charge on any atom is -0.392 e. The molecule has 0 bridgehead atoms. The van der Waals surface area contributed by atoms with Crippen molar-refractivity contribution in [2.24, 2.45) is 0 Å². The summed E-state index contributed by atoms with van der Waals surface area (Å²) in [5.74, 6) is 0. The first kappa shape index (κ1) is 17.7. The van der Waals surface area contributed by atoms with Crippen molar-refractivity contribution in [1.29, 1.82) is 0 Å². The summed E-state index contributed by atoms with van der Waals surface area (Å²) in [6, 6.07) is 2.77. The van der Waals surface area contributed by atoms with E-state index in [9.17, 15) is 13.5 Å². The van der Waals surface area contributed by atoms with Crippen LogP contribution in [0.1, 0.15) is 12.5 Å². The first-order chi connectivity index (χ1) is 9.20. The van der Waals surface area contributed by atoms with Crippen LogP contribution in [-0.4, -0.2) is 45.1 Å². The molecule has 0 aliphatic heterocycles. The number of nitrogens with zero attached hydrogens (tertiary/aromatic N) is 1. The quantitative estimate of drug-likeness (QED) is 0.827.